The molecule has 0 saturated carbocycles. The van der Waals surface area contributed by atoms with Crippen LogP contribution in [0.3, 0.4) is 0 Å². The third-order valence-electron chi connectivity index (χ3n) is 7.72. The second-order valence-electron chi connectivity index (χ2n) is 10.0. The summed E-state index contributed by atoms with van der Waals surface area (Å²) >= 11 is 1.83. The maximum Gasteiger partial charge on any atom is 0.136 e. The van der Waals surface area contributed by atoms with Gasteiger partial charge >= 0.3 is 0 Å². The van der Waals surface area contributed by atoms with Gasteiger partial charge in [0.1, 0.15) is 11.2 Å². The first-order valence-electron chi connectivity index (χ1n) is 13.2. The molecule has 0 aliphatic heterocycles. The highest BCUT2D eigenvalue weighted by atomic mass is 32.1. The Bertz CT molecular complexity index is 2160. The third kappa shape index (κ3) is 3.55. The van der Waals surface area contributed by atoms with Crippen LogP contribution in [0.2, 0.25) is 0 Å². The van der Waals surface area contributed by atoms with Crippen molar-refractivity contribution in [2.45, 2.75) is 0 Å². The number of thiophene rings is 1. The van der Waals surface area contributed by atoms with Crippen molar-refractivity contribution >= 4 is 53.4 Å². The van der Waals surface area contributed by atoms with Crippen molar-refractivity contribution in [2.24, 2.45) is 0 Å². The average Bonchev–Trinajstić information content (AvgIpc) is 3.58. The molecule has 0 radical (unpaired) electrons. The number of furan rings is 1. The molecule has 6 aromatic carbocycles. The number of para-hydroxylation sites is 1. The molecule has 0 unspecified atom stereocenters. The lowest BCUT2D eigenvalue weighted by molar-refractivity contribution is 0.669. The maximum absolute atomic E-state index is 9.70. The van der Waals surface area contributed by atoms with E-state index in [1.54, 1.807) is 0 Å². The summed E-state index contributed by atoms with van der Waals surface area (Å²) in [5, 5.41) is 14.5. The van der Waals surface area contributed by atoms with Crippen molar-refractivity contribution in [1.82, 2.24) is 0 Å². The predicted octanol–water partition coefficient (Wildman–Crippen LogP) is 10.8. The van der Waals surface area contributed by atoms with Crippen LogP contribution < -0.4 is 0 Å². The minimum Gasteiger partial charge on any atom is -0.456 e. The molecule has 186 valence electrons. The van der Waals surface area contributed by atoms with Crippen molar-refractivity contribution in [2.75, 3.05) is 0 Å². The minimum absolute atomic E-state index is 0.644. The number of nitrogens with zero attached hydrogens (tertiary/aromatic N) is 1. The van der Waals surface area contributed by atoms with Gasteiger partial charge in [0.2, 0.25) is 0 Å². The van der Waals surface area contributed by atoms with E-state index < -0.39 is 0 Å². The first-order valence-corrected chi connectivity index (χ1v) is 14.1. The Labute approximate surface area is 235 Å². The molecule has 40 heavy (non-hydrogen) atoms. The Morgan fingerprint density at radius 1 is 0.500 bits per heavy atom. The van der Waals surface area contributed by atoms with Gasteiger partial charge in [-0.1, -0.05) is 84.9 Å². The van der Waals surface area contributed by atoms with E-state index in [4.69, 9.17) is 4.42 Å². The summed E-state index contributed by atoms with van der Waals surface area (Å²) in [6, 6.07) is 46.7. The van der Waals surface area contributed by atoms with Crippen LogP contribution in [-0.4, -0.2) is 0 Å². The van der Waals surface area contributed by atoms with Crippen molar-refractivity contribution in [3.63, 3.8) is 0 Å². The quantitative estimate of drug-likeness (QED) is 0.229. The normalized spacial score (nSPS) is 11.5. The van der Waals surface area contributed by atoms with Gasteiger partial charge in [0, 0.05) is 30.9 Å². The molecule has 0 aliphatic rings. The van der Waals surface area contributed by atoms with Gasteiger partial charge in [0.05, 0.1) is 11.6 Å². The highest BCUT2D eigenvalue weighted by molar-refractivity contribution is 7.25. The van der Waals surface area contributed by atoms with E-state index in [0.29, 0.717) is 5.56 Å². The number of nitriles is 1. The molecule has 0 fully saturated rings. The molecular weight excluding hydrogens is 506 g/mol. The van der Waals surface area contributed by atoms with Crippen LogP contribution in [0.4, 0.5) is 0 Å². The number of benzene rings is 6. The minimum atomic E-state index is 0.644. The smallest absolute Gasteiger partial charge is 0.136 e. The van der Waals surface area contributed by atoms with Crippen LogP contribution in [0.1, 0.15) is 5.56 Å². The summed E-state index contributed by atoms with van der Waals surface area (Å²) in [6.45, 7) is 0. The third-order valence-corrected chi connectivity index (χ3v) is 8.86. The van der Waals surface area contributed by atoms with Gasteiger partial charge < -0.3 is 4.42 Å². The summed E-state index contributed by atoms with van der Waals surface area (Å²) in [4.78, 5) is 0. The van der Waals surface area contributed by atoms with Crippen LogP contribution in [0.25, 0.3) is 75.5 Å². The summed E-state index contributed by atoms with van der Waals surface area (Å²) < 4.78 is 8.81. The molecule has 8 aromatic rings. The van der Waals surface area contributed by atoms with Crippen LogP contribution >= 0.6 is 11.3 Å². The number of fused-ring (bicyclic) bond motifs is 6. The fraction of sp³-hybridized carbons (Fsp3) is 0. The Morgan fingerprint density at radius 3 is 2.02 bits per heavy atom. The first kappa shape index (κ1) is 22.8. The standard InChI is InChI=1S/C37H21NOS/c38-22-23-7-5-8-26(19-23)37-27(24-15-17-30-29-9-1-3-13-33(29)39-34(30)20-24)11-6-12-28(37)25-16-18-32-31-10-2-4-14-35(31)40-36(32)21-25/h1-21H. The summed E-state index contributed by atoms with van der Waals surface area (Å²) in [5.41, 5.74) is 9.00. The molecular formula is C37H21NOS. The topological polar surface area (TPSA) is 36.9 Å². The Morgan fingerprint density at radius 2 is 1.18 bits per heavy atom. The van der Waals surface area contributed by atoms with Crippen LogP contribution in [0.15, 0.2) is 132 Å². The second kappa shape index (κ2) is 8.95. The van der Waals surface area contributed by atoms with Gasteiger partial charge in [-0.2, -0.15) is 5.26 Å². The molecule has 0 amide bonds. The van der Waals surface area contributed by atoms with Crippen LogP contribution in [0.5, 0.6) is 0 Å². The van der Waals surface area contributed by atoms with Crippen molar-refractivity contribution in [1.29, 1.82) is 5.26 Å². The van der Waals surface area contributed by atoms with Gasteiger partial charge in [0.15, 0.2) is 0 Å². The van der Waals surface area contributed by atoms with Gasteiger partial charge in [-0.3, -0.25) is 0 Å². The molecule has 0 N–H and O–H groups in total. The molecule has 2 aromatic heterocycles. The highest BCUT2D eigenvalue weighted by Crippen LogP contribution is 2.43. The zero-order chi connectivity index (χ0) is 26.6. The van der Waals surface area contributed by atoms with Crippen molar-refractivity contribution in [3.8, 4) is 39.4 Å². The molecule has 2 heterocycles. The van der Waals surface area contributed by atoms with E-state index in [9.17, 15) is 5.26 Å². The summed E-state index contributed by atoms with van der Waals surface area (Å²) in [6.07, 6.45) is 0. The van der Waals surface area contributed by atoms with Gasteiger partial charge in [-0.15, -0.1) is 11.3 Å². The number of hydrogen-bond donors (Lipinski definition) is 0. The zero-order valence-electron chi connectivity index (χ0n) is 21.4. The van der Waals surface area contributed by atoms with E-state index in [0.717, 1.165) is 55.3 Å². The second-order valence-corrected chi connectivity index (χ2v) is 11.1. The fourth-order valence-corrected chi connectivity index (χ4v) is 7.02. The van der Waals surface area contributed by atoms with Crippen molar-refractivity contribution < 1.29 is 4.42 Å². The predicted molar refractivity (Wildman–Crippen MR) is 168 cm³/mol. The number of rotatable bonds is 3. The number of hydrogen-bond acceptors (Lipinski definition) is 3. The van der Waals surface area contributed by atoms with E-state index in [1.807, 2.05) is 47.7 Å². The fourth-order valence-electron chi connectivity index (χ4n) is 5.88. The lowest BCUT2D eigenvalue weighted by Crippen LogP contribution is -1.91. The van der Waals surface area contributed by atoms with Crippen LogP contribution in [-0.2, 0) is 0 Å². The summed E-state index contributed by atoms with van der Waals surface area (Å²) in [7, 11) is 0. The molecule has 0 aliphatic carbocycles. The molecule has 3 heteroatoms. The van der Waals surface area contributed by atoms with E-state index in [2.05, 4.69) is 97.1 Å². The Hall–Kier alpha value is -5.17. The molecule has 0 bridgehead atoms. The van der Waals surface area contributed by atoms with Gasteiger partial charge in [0.25, 0.3) is 0 Å². The lowest BCUT2D eigenvalue weighted by Gasteiger charge is -2.17. The SMILES string of the molecule is N#Cc1cccc(-c2c(-c3ccc4c(c3)oc3ccccc34)cccc2-c2ccc3c(c2)sc2ccccc23)c1. The van der Waals surface area contributed by atoms with Crippen molar-refractivity contribution in [3.05, 3.63) is 133 Å². The van der Waals surface area contributed by atoms with Gasteiger partial charge in [-0.25, -0.2) is 0 Å². The largest absolute Gasteiger partial charge is 0.456 e. The highest BCUT2D eigenvalue weighted by Gasteiger charge is 2.17. The summed E-state index contributed by atoms with van der Waals surface area (Å²) in [5.74, 6) is 0. The molecule has 0 saturated heterocycles. The zero-order valence-corrected chi connectivity index (χ0v) is 22.2. The molecule has 0 atom stereocenters. The molecule has 8 rings (SSSR count). The molecule has 0 spiro atoms. The van der Waals surface area contributed by atoms with Crippen LogP contribution in [0, 0.1) is 11.3 Å². The van der Waals surface area contributed by atoms with E-state index in [-0.39, 0.29) is 0 Å². The monoisotopic (exact) mass is 527 g/mol. The molecule has 2 nitrogen and oxygen atoms in total. The first-order chi connectivity index (χ1) is 19.8. The van der Waals surface area contributed by atoms with Gasteiger partial charge in [-0.05, 0) is 75.8 Å². The Kier molecular flexibility index (Phi) is 5.10. The van der Waals surface area contributed by atoms with E-state index >= 15 is 0 Å². The van der Waals surface area contributed by atoms with E-state index in [1.165, 1.54) is 20.2 Å². The average molecular weight is 528 g/mol. The lowest BCUT2D eigenvalue weighted by atomic mass is 9.87. The maximum atomic E-state index is 9.70. The Balaban J connectivity index is 1.38.